The lowest BCUT2D eigenvalue weighted by Crippen LogP contribution is -2.63. The van der Waals surface area contributed by atoms with Crippen molar-refractivity contribution < 1.29 is 103 Å². The normalized spacial score (nSPS) is 16.3. The Labute approximate surface area is 667 Å². The molecule has 51 heteroatoms. The van der Waals surface area contributed by atoms with Gasteiger partial charge in [-0.1, -0.05) is 13.5 Å². The summed E-state index contributed by atoms with van der Waals surface area (Å²) in [6.07, 6.45) is 0. The second kappa shape index (κ2) is 37.1. The van der Waals surface area contributed by atoms with E-state index in [1.807, 2.05) is 0 Å². The molecule has 0 aromatic carbocycles. The van der Waals surface area contributed by atoms with Crippen LogP contribution in [-0.2, 0) is 103 Å². The Balaban J connectivity index is 5.91. The van der Waals surface area contributed by atoms with E-state index in [4.69, 9.17) is 103 Å². The lowest BCUT2D eigenvalue weighted by Gasteiger charge is -2.45. The molecule has 0 bridgehead atoms. The molecule has 0 N–H and O–H groups in total. The van der Waals surface area contributed by atoms with Gasteiger partial charge in [0.05, 0.1) is 0 Å². The second-order valence-corrected chi connectivity index (χ2v) is 131. The van der Waals surface area contributed by atoms with Gasteiger partial charge in [0, 0.05) is 0 Å². The van der Waals surface area contributed by atoms with Crippen molar-refractivity contribution in [1.29, 1.82) is 0 Å². The van der Waals surface area contributed by atoms with Crippen molar-refractivity contribution in [2.75, 3.05) is 0 Å². The third-order valence-electron chi connectivity index (χ3n) is 13.2. The zero-order valence-corrected chi connectivity index (χ0v) is 103. The Morgan fingerprint density at radius 2 is 0.212 bits per heavy atom. The summed E-state index contributed by atoms with van der Waals surface area (Å²) >= 11 is 0. The van der Waals surface area contributed by atoms with Gasteiger partial charge in [0.1, 0.15) is 9.76 Å². The molecule has 0 unspecified atom stereocenters. The summed E-state index contributed by atoms with van der Waals surface area (Å²) in [5.74, 6) is 0. The van der Waals surface area contributed by atoms with Crippen molar-refractivity contribution >= 4 is 224 Å². The van der Waals surface area contributed by atoms with Crippen molar-refractivity contribution in [2.24, 2.45) is 0 Å². The maximum Gasteiger partial charge on any atom is 0.314 e. The van der Waals surface area contributed by atoms with Crippen molar-refractivity contribution in [3.05, 3.63) is 0 Å². The molecular weight excluding hydrogens is 1770 g/mol. The standard InChI is InChI=1S/C53H160O25Si26/c1-53-80(3,4)55-82(7,8)57-84(11,12)59-86(15,16)61-88(19,20)63-90(23,24)65-92(27,28)67-94(31,32)69-96(35,36)71-98(39,40)73-100(43,44)75-102(47,48)77-104(51,52)78-103(49,50)76-101(45,46)74-99(41,42)72-97(37,38)70-95(33,34)68-93(29,30)66-91(25,26)64-89(21,22)62-87(17,18)60-85(13,14)58-83(9,10)56-81(5,6)54-79-2/h53,79H2,1-52H3. The van der Waals surface area contributed by atoms with E-state index in [0.717, 1.165) is 6.04 Å². The van der Waals surface area contributed by atoms with Crippen molar-refractivity contribution in [1.82, 2.24) is 0 Å². The van der Waals surface area contributed by atoms with Gasteiger partial charge in [0.15, 0.2) is 8.32 Å². The first-order valence-electron chi connectivity index (χ1n) is 37.1. The SMILES string of the molecule is CC[Si](C)(C)O[Si](C)(C)O[Si](C)(C)O[Si](C)(C)O[Si](C)(C)O[Si](C)(C)O[Si](C)(C)O[Si](C)(C)O[Si](C)(C)O[Si](C)(C)O[Si](C)(C)O[Si](C)(C)O[Si](C)(C)O[Si](C)(C)O[Si](C)(C)O[Si](C)(C)O[Si](C)(C)O[Si](C)(C)O[Si](C)(C)O[Si](C)(C)O[Si](C)(C)O[Si](C)(C)O[Si](C)(C)O[Si](C)(C)O[Si](C)(C)O[SiH2]C. The maximum atomic E-state index is 7.00. The quantitative estimate of drug-likeness (QED) is 0.0515. The minimum Gasteiger partial charge on any atom is -0.442 e. The molecule has 0 rings (SSSR count). The summed E-state index contributed by atoms with van der Waals surface area (Å²) < 4.78 is 172. The van der Waals surface area contributed by atoms with Crippen LogP contribution in [0.2, 0.25) is 340 Å². The van der Waals surface area contributed by atoms with E-state index >= 15 is 0 Å². The Hall–Kier alpha value is 4.64. The summed E-state index contributed by atoms with van der Waals surface area (Å²) in [6.45, 7) is 108. The fourth-order valence-corrected chi connectivity index (χ4v) is 146. The van der Waals surface area contributed by atoms with Crippen LogP contribution >= 0.6 is 0 Å². The average molecular weight is 1930 g/mol. The van der Waals surface area contributed by atoms with Crippen LogP contribution in [0.15, 0.2) is 0 Å². The highest BCUT2D eigenvalue weighted by molar-refractivity contribution is 6.98. The van der Waals surface area contributed by atoms with Crippen LogP contribution in [-0.4, -0.2) is 224 Å². The molecular formula is C53H160O25Si26. The molecule has 0 atom stereocenters. The molecule has 0 fully saturated rings. The van der Waals surface area contributed by atoms with Crippen LogP contribution in [0.3, 0.4) is 0 Å². The molecule has 0 saturated heterocycles. The Morgan fingerprint density at radius 1 is 0.135 bits per heavy atom. The molecule has 0 aliphatic heterocycles. The van der Waals surface area contributed by atoms with E-state index in [1.165, 1.54) is 0 Å². The van der Waals surface area contributed by atoms with Gasteiger partial charge < -0.3 is 103 Å². The fourth-order valence-electron chi connectivity index (χ4n) is 15.2. The van der Waals surface area contributed by atoms with Crippen LogP contribution in [0.5, 0.6) is 0 Å². The summed E-state index contributed by atoms with van der Waals surface area (Å²) in [6, 6.07) is 1.03. The highest BCUT2D eigenvalue weighted by Gasteiger charge is 2.56. The molecule has 0 aliphatic carbocycles. The third kappa shape index (κ3) is 49.1. The van der Waals surface area contributed by atoms with Gasteiger partial charge in [0.25, 0.3) is 0 Å². The van der Waals surface area contributed by atoms with Crippen LogP contribution in [0.1, 0.15) is 6.92 Å². The first kappa shape index (κ1) is 109. The van der Waals surface area contributed by atoms with Gasteiger partial charge in [0.2, 0.25) is 0 Å². The van der Waals surface area contributed by atoms with Crippen LogP contribution in [0.4, 0.5) is 0 Å². The molecule has 0 radical (unpaired) electrons. The first-order chi connectivity index (χ1) is 44.6. The predicted molar refractivity (Wildman–Crippen MR) is 489 cm³/mol. The molecule has 0 heterocycles. The molecule has 0 amide bonds. The Morgan fingerprint density at radius 3 is 0.288 bits per heavy atom. The number of hydrogen-bond acceptors (Lipinski definition) is 25. The second-order valence-electron chi connectivity index (χ2n) is 38.6. The highest BCUT2D eigenvalue weighted by Crippen LogP contribution is 2.37. The van der Waals surface area contributed by atoms with E-state index in [0.29, 0.717) is 0 Å². The highest BCUT2D eigenvalue weighted by atomic mass is 28.6. The lowest BCUT2D eigenvalue weighted by atomic mass is 11.0. The molecule has 0 spiro atoms. The molecule has 0 saturated carbocycles. The first-order valence-corrected chi connectivity index (χ1v) is 110. The number of rotatable bonds is 51. The van der Waals surface area contributed by atoms with Crippen molar-refractivity contribution in [3.8, 4) is 0 Å². The minimum absolute atomic E-state index is 0.610. The molecule has 0 aromatic heterocycles. The van der Waals surface area contributed by atoms with Crippen molar-refractivity contribution in [2.45, 2.75) is 347 Å². The van der Waals surface area contributed by atoms with Crippen LogP contribution in [0.25, 0.3) is 0 Å². The number of hydrogen-bond donors (Lipinski definition) is 0. The van der Waals surface area contributed by atoms with Gasteiger partial charge in [-0.25, -0.2) is 0 Å². The monoisotopic (exact) mass is 1920 g/mol. The van der Waals surface area contributed by atoms with Gasteiger partial charge in [-0.05, 0) is 333 Å². The lowest BCUT2D eigenvalue weighted by molar-refractivity contribution is 0.245. The predicted octanol–water partition coefficient (Wildman–Crippen LogP) is 18.6. The smallest absolute Gasteiger partial charge is 0.314 e. The van der Waals surface area contributed by atoms with Gasteiger partial charge in [-0.3, -0.25) is 0 Å². The fraction of sp³-hybridized carbons (Fsp3) is 1.00. The van der Waals surface area contributed by atoms with Gasteiger partial charge in [-0.2, -0.15) is 0 Å². The topological polar surface area (TPSA) is 231 Å². The molecule has 25 nitrogen and oxygen atoms in total. The molecule has 626 valence electrons. The Kier molecular flexibility index (Phi) is 38.8. The zero-order chi connectivity index (χ0) is 83.6. The van der Waals surface area contributed by atoms with Gasteiger partial charge in [-0.15, -0.1) is 0 Å². The van der Waals surface area contributed by atoms with Crippen LogP contribution < -0.4 is 0 Å². The van der Waals surface area contributed by atoms with Gasteiger partial charge >= 0.3 is 205 Å². The van der Waals surface area contributed by atoms with Crippen molar-refractivity contribution in [3.63, 3.8) is 0 Å². The zero-order valence-electron chi connectivity index (χ0n) is 76.1. The third-order valence-corrected chi connectivity index (χ3v) is 113. The minimum atomic E-state index is -2.91. The van der Waals surface area contributed by atoms with E-state index in [9.17, 15) is 0 Å². The summed E-state index contributed by atoms with van der Waals surface area (Å²) in [4.78, 5) is 0. The van der Waals surface area contributed by atoms with E-state index < -0.39 is 224 Å². The largest absolute Gasteiger partial charge is 0.442 e. The average Bonchev–Trinajstić information content (AvgIpc) is 0.804. The molecule has 0 aliphatic rings. The summed E-state index contributed by atoms with van der Waals surface area (Å²) in [7, 11) is -69.4. The van der Waals surface area contributed by atoms with E-state index in [2.05, 4.69) is 341 Å². The Bertz CT molecular complexity index is 2690. The van der Waals surface area contributed by atoms with E-state index in [-0.39, 0.29) is 0 Å². The summed E-state index contributed by atoms with van der Waals surface area (Å²) in [5.41, 5.74) is 0. The molecule has 104 heavy (non-hydrogen) atoms. The summed E-state index contributed by atoms with van der Waals surface area (Å²) in [5, 5.41) is 0. The van der Waals surface area contributed by atoms with Crippen LogP contribution in [0, 0.1) is 0 Å². The maximum absolute atomic E-state index is 7.00. The molecule has 0 aromatic rings. The van der Waals surface area contributed by atoms with E-state index in [1.54, 1.807) is 0 Å².